The fraction of sp³-hybridized carbons (Fsp3) is 0.800. The minimum Gasteiger partial charge on any atom is -0.480 e. The number of hydrogen-bond acceptors (Lipinski definition) is 4. The van der Waals surface area contributed by atoms with Crippen molar-refractivity contribution < 1.29 is 29.4 Å². The summed E-state index contributed by atoms with van der Waals surface area (Å²) in [6.07, 6.45) is -0.694. The lowest BCUT2D eigenvalue weighted by atomic mass is 10.2. The van der Waals surface area contributed by atoms with Gasteiger partial charge in [-0.05, 0) is 6.42 Å². The molecule has 0 rings (SSSR count). The number of rotatable bonds is 4. The molecule has 0 bridgehead atoms. The fourth-order valence-electron chi connectivity index (χ4n) is 0.431. The van der Waals surface area contributed by atoms with E-state index >= 15 is 0 Å². The molecule has 13 heavy (non-hydrogen) atoms. The Morgan fingerprint density at radius 3 is 2.08 bits per heavy atom. The van der Waals surface area contributed by atoms with Crippen molar-refractivity contribution in [2.45, 2.75) is 12.5 Å². The third-order valence-corrected chi connectivity index (χ3v) is 1.89. The molecule has 0 aliphatic carbocycles. The molecular weight excluding hydrogens is 201 g/mol. The topological polar surface area (TPSA) is 141 Å². The van der Waals surface area contributed by atoms with Crippen LogP contribution < -0.4 is 5.73 Å². The molecule has 0 heterocycles. The fourth-order valence-corrected chi connectivity index (χ4v) is 1.05. The molecule has 0 aromatic carbocycles. The van der Waals surface area contributed by atoms with Crippen molar-refractivity contribution in [3.63, 3.8) is 0 Å². The first-order valence-electron chi connectivity index (χ1n) is 3.30. The van der Waals surface area contributed by atoms with E-state index in [1.807, 2.05) is 0 Å². The van der Waals surface area contributed by atoms with Gasteiger partial charge in [0.1, 0.15) is 6.04 Å². The first-order chi connectivity index (χ1) is 5.83. The van der Waals surface area contributed by atoms with E-state index in [0.29, 0.717) is 0 Å². The maximum Gasteiger partial charge on any atom is 0.325 e. The highest BCUT2D eigenvalue weighted by atomic mass is 31.2. The van der Waals surface area contributed by atoms with E-state index in [4.69, 9.17) is 25.7 Å². The number of carbonyl (C=O) groups is 1. The second-order valence-electron chi connectivity index (χ2n) is 2.12. The van der Waals surface area contributed by atoms with Crippen molar-refractivity contribution in [2.24, 2.45) is 5.73 Å². The standard InChI is InChI=1S/C4H10NO5P.CH4O/c5-3(4(6)7)1-2-11(8,9)10;1-2/h3H,1-2,5H2,(H,6,7)(H2,8,9,10);2H,1H3. The molecule has 0 aliphatic heterocycles. The molecule has 7 nitrogen and oxygen atoms in total. The second-order valence-corrected chi connectivity index (χ2v) is 3.90. The Morgan fingerprint density at radius 2 is 1.85 bits per heavy atom. The molecule has 0 saturated heterocycles. The molecule has 0 radical (unpaired) electrons. The first-order valence-corrected chi connectivity index (χ1v) is 5.10. The van der Waals surface area contributed by atoms with Gasteiger partial charge in [0.25, 0.3) is 0 Å². The molecule has 8 heteroatoms. The van der Waals surface area contributed by atoms with Gasteiger partial charge in [0.15, 0.2) is 0 Å². The van der Waals surface area contributed by atoms with Crippen LogP contribution >= 0.6 is 7.60 Å². The third-order valence-electron chi connectivity index (χ3n) is 1.05. The van der Waals surface area contributed by atoms with Gasteiger partial charge in [-0.2, -0.15) is 0 Å². The van der Waals surface area contributed by atoms with Crippen LogP contribution in [0.25, 0.3) is 0 Å². The Hall–Kier alpha value is -0.460. The molecule has 0 fully saturated rings. The van der Waals surface area contributed by atoms with Crippen LogP contribution in [0.5, 0.6) is 0 Å². The van der Waals surface area contributed by atoms with E-state index in [-0.39, 0.29) is 6.42 Å². The van der Waals surface area contributed by atoms with Crippen molar-refractivity contribution >= 4 is 13.6 Å². The normalized spacial score (nSPS) is 12.7. The van der Waals surface area contributed by atoms with Crippen molar-refractivity contribution in [1.82, 2.24) is 0 Å². The number of carboxylic acids is 1. The van der Waals surface area contributed by atoms with Crippen LogP contribution in [0.3, 0.4) is 0 Å². The number of aliphatic hydroxyl groups excluding tert-OH is 1. The quantitative estimate of drug-likeness (QED) is 0.362. The van der Waals surface area contributed by atoms with Crippen LogP contribution in [0.15, 0.2) is 0 Å². The lowest BCUT2D eigenvalue weighted by molar-refractivity contribution is -0.138. The van der Waals surface area contributed by atoms with Gasteiger partial charge >= 0.3 is 13.6 Å². The zero-order valence-electron chi connectivity index (χ0n) is 7.12. The van der Waals surface area contributed by atoms with Crippen molar-refractivity contribution in [2.75, 3.05) is 13.3 Å². The van der Waals surface area contributed by atoms with Crippen molar-refractivity contribution in [3.8, 4) is 0 Å². The molecule has 1 unspecified atom stereocenters. The van der Waals surface area contributed by atoms with Crippen LogP contribution in [-0.4, -0.2) is 45.3 Å². The highest BCUT2D eigenvalue weighted by Crippen LogP contribution is 2.35. The minimum absolute atomic E-state index is 0.209. The van der Waals surface area contributed by atoms with Crippen LogP contribution in [0.4, 0.5) is 0 Å². The van der Waals surface area contributed by atoms with E-state index in [2.05, 4.69) is 0 Å². The Kier molecular flexibility index (Phi) is 8.09. The van der Waals surface area contributed by atoms with Gasteiger partial charge in [-0.15, -0.1) is 0 Å². The average Bonchev–Trinajstić information content (AvgIpc) is 2.02. The first kappa shape index (κ1) is 15.0. The van der Waals surface area contributed by atoms with Gasteiger partial charge in [0, 0.05) is 7.11 Å². The summed E-state index contributed by atoms with van der Waals surface area (Å²) in [6, 6.07) is -1.19. The van der Waals surface area contributed by atoms with Crippen LogP contribution in [0.2, 0.25) is 0 Å². The molecule has 0 spiro atoms. The number of aliphatic carboxylic acids is 1. The monoisotopic (exact) mass is 215 g/mol. The largest absolute Gasteiger partial charge is 0.480 e. The van der Waals surface area contributed by atoms with Gasteiger partial charge in [0.05, 0.1) is 6.16 Å². The summed E-state index contributed by atoms with van der Waals surface area (Å²) >= 11 is 0. The summed E-state index contributed by atoms with van der Waals surface area (Å²) in [5, 5.41) is 15.2. The summed E-state index contributed by atoms with van der Waals surface area (Å²) in [5.74, 6) is -1.25. The van der Waals surface area contributed by atoms with E-state index in [1.165, 1.54) is 0 Å². The van der Waals surface area contributed by atoms with Gasteiger partial charge in [-0.1, -0.05) is 0 Å². The Bertz CT molecular complexity index is 189. The van der Waals surface area contributed by atoms with Gasteiger partial charge in [0.2, 0.25) is 0 Å². The van der Waals surface area contributed by atoms with Gasteiger partial charge < -0.3 is 25.7 Å². The average molecular weight is 215 g/mol. The molecule has 0 aliphatic rings. The van der Waals surface area contributed by atoms with Gasteiger partial charge in [-0.3, -0.25) is 9.36 Å². The Labute approximate surface area is 75.3 Å². The number of carboxylic acid groups (broad SMARTS) is 1. The Balaban J connectivity index is 0. The molecule has 0 aromatic rings. The second kappa shape index (κ2) is 6.99. The molecule has 1 atom stereocenters. The molecule has 6 N–H and O–H groups in total. The summed E-state index contributed by atoms with van der Waals surface area (Å²) < 4.78 is 10.2. The molecule has 0 amide bonds. The maximum atomic E-state index is 10.2. The van der Waals surface area contributed by atoms with E-state index in [1.54, 1.807) is 0 Å². The summed E-state index contributed by atoms with van der Waals surface area (Å²) in [4.78, 5) is 26.7. The summed E-state index contributed by atoms with van der Waals surface area (Å²) in [5.41, 5.74) is 4.98. The summed E-state index contributed by atoms with van der Waals surface area (Å²) in [6.45, 7) is 0. The molecular formula is C5H14NO6P. The number of hydrogen-bond donors (Lipinski definition) is 5. The van der Waals surface area contributed by atoms with Crippen molar-refractivity contribution in [1.29, 1.82) is 0 Å². The van der Waals surface area contributed by atoms with Crippen LogP contribution in [-0.2, 0) is 9.36 Å². The lowest BCUT2D eigenvalue weighted by Crippen LogP contribution is -2.30. The minimum atomic E-state index is -4.10. The van der Waals surface area contributed by atoms with Crippen LogP contribution in [0.1, 0.15) is 6.42 Å². The van der Waals surface area contributed by atoms with Crippen LogP contribution in [0, 0.1) is 0 Å². The van der Waals surface area contributed by atoms with E-state index in [9.17, 15) is 9.36 Å². The lowest BCUT2D eigenvalue weighted by Gasteiger charge is -2.06. The molecule has 80 valence electrons. The van der Waals surface area contributed by atoms with Gasteiger partial charge in [-0.25, -0.2) is 0 Å². The van der Waals surface area contributed by atoms with Crippen molar-refractivity contribution in [3.05, 3.63) is 0 Å². The zero-order valence-corrected chi connectivity index (χ0v) is 8.02. The highest BCUT2D eigenvalue weighted by molar-refractivity contribution is 7.51. The summed E-state index contributed by atoms with van der Waals surface area (Å²) in [7, 11) is -3.10. The smallest absolute Gasteiger partial charge is 0.325 e. The molecule has 0 aromatic heterocycles. The molecule has 0 saturated carbocycles. The maximum absolute atomic E-state index is 10.2. The Morgan fingerprint density at radius 1 is 1.46 bits per heavy atom. The van der Waals surface area contributed by atoms with E-state index in [0.717, 1.165) is 7.11 Å². The number of aliphatic hydroxyl groups is 1. The van der Waals surface area contributed by atoms with E-state index < -0.39 is 25.8 Å². The SMILES string of the molecule is CO.NC(CCP(=O)(O)O)C(=O)O. The number of nitrogens with two attached hydrogens (primary N) is 1. The predicted molar refractivity (Wildman–Crippen MR) is 45.3 cm³/mol. The third kappa shape index (κ3) is 11.5. The predicted octanol–water partition coefficient (Wildman–Crippen LogP) is -1.43. The highest BCUT2D eigenvalue weighted by Gasteiger charge is 2.18. The zero-order chi connectivity index (χ0) is 11.1.